The number of nitrogens with zero attached hydrogens (tertiary/aromatic N) is 3. The Bertz CT molecular complexity index is 864. The van der Waals surface area contributed by atoms with Gasteiger partial charge in [0.25, 0.3) is 5.56 Å². The standard InChI is InChI=1S/C20H28N4O3S/c1-3-21-18(25)15(2)28-20-22-17-8-5-4-7-16(17)19(26)24(20)10-6-9-23-11-13-27-14-12-23/h4-5,7-8,15H,3,6,9-14H2,1-2H3,(H,21,25)/t15-/m0/s1. The zero-order valence-electron chi connectivity index (χ0n) is 16.5. The highest BCUT2D eigenvalue weighted by molar-refractivity contribution is 8.00. The second-order valence-corrected chi connectivity index (χ2v) is 8.14. The Balaban J connectivity index is 1.81. The number of ether oxygens (including phenoxy) is 1. The van der Waals surface area contributed by atoms with E-state index >= 15 is 0 Å². The van der Waals surface area contributed by atoms with Gasteiger partial charge >= 0.3 is 0 Å². The van der Waals surface area contributed by atoms with Gasteiger partial charge in [-0.2, -0.15) is 0 Å². The first-order valence-corrected chi connectivity index (χ1v) is 10.7. The first kappa shape index (κ1) is 20.8. The van der Waals surface area contributed by atoms with E-state index in [1.54, 1.807) is 4.57 Å². The molecule has 2 aromatic rings. The van der Waals surface area contributed by atoms with Crippen molar-refractivity contribution in [2.45, 2.75) is 37.2 Å². The van der Waals surface area contributed by atoms with E-state index in [-0.39, 0.29) is 16.7 Å². The van der Waals surface area contributed by atoms with E-state index < -0.39 is 0 Å². The summed E-state index contributed by atoms with van der Waals surface area (Å²) in [5.41, 5.74) is 0.626. The van der Waals surface area contributed by atoms with Crippen molar-refractivity contribution in [3.63, 3.8) is 0 Å². The minimum Gasteiger partial charge on any atom is -0.379 e. The number of carbonyl (C=O) groups excluding carboxylic acids is 1. The Labute approximate surface area is 169 Å². The number of hydrogen-bond donors (Lipinski definition) is 1. The fourth-order valence-corrected chi connectivity index (χ4v) is 4.20. The van der Waals surface area contributed by atoms with Gasteiger partial charge in [0.1, 0.15) is 0 Å². The number of thioether (sulfide) groups is 1. The molecule has 7 nitrogen and oxygen atoms in total. The van der Waals surface area contributed by atoms with Gasteiger partial charge in [-0.25, -0.2) is 4.98 Å². The summed E-state index contributed by atoms with van der Waals surface area (Å²) < 4.78 is 7.11. The number of hydrogen-bond acceptors (Lipinski definition) is 6. The average Bonchev–Trinajstić information content (AvgIpc) is 2.71. The summed E-state index contributed by atoms with van der Waals surface area (Å²) in [6, 6.07) is 7.38. The maximum atomic E-state index is 13.1. The van der Waals surface area contributed by atoms with Crippen molar-refractivity contribution in [2.75, 3.05) is 39.4 Å². The largest absolute Gasteiger partial charge is 0.379 e. The lowest BCUT2D eigenvalue weighted by atomic mass is 10.2. The fourth-order valence-electron chi connectivity index (χ4n) is 3.24. The quantitative estimate of drug-likeness (QED) is 0.533. The predicted octanol–water partition coefficient (Wildman–Crippen LogP) is 1.74. The van der Waals surface area contributed by atoms with E-state index in [9.17, 15) is 9.59 Å². The van der Waals surface area contributed by atoms with E-state index in [1.165, 1.54) is 11.8 Å². The van der Waals surface area contributed by atoms with Crippen molar-refractivity contribution in [3.8, 4) is 0 Å². The molecule has 1 aliphatic heterocycles. The molecule has 1 fully saturated rings. The Kier molecular flexibility index (Phi) is 7.47. The number of fused-ring (bicyclic) bond motifs is 1. The van der Waals surface area contributed by atoms with Crippen LogP contribution in [0.4, 0.5) is 0 Å². The number of para-hydroxylation sites is 1. The molecule has 0 bridgehead atoms. The molecule has 0 unspecified atom stereocenters. The summed E-state index contributed by atoms with van der Waals surface area (Å²) in [6.07, 6.45) is 0.850. The summed E-state index contributed by atoms with van der Waals surface area (Å²) in [4.78, 5) is 32.3. The number of benzene rings is 1. The highest BCUT2D eigenvalue weighted by Crippen LogP contribution is 2.23. The fraction of sp³-hybridized carbons (Fsp3) is 0.550. The van der Waals surface area contributed by atoms with Gasteiger partial charge in [-0.3, -0.25) is 19.1 Å². The number of morpholine rings is 1. The molecule has 3 rings (SSSR count). The Morgan fingerprint density at radius 1 is 1.29 bits per heavy atom. The maximum Gasteiger partial charge on any atom is 0.262 e. The molecule has 0 aliphatic carbocycles. The molecule has 1 aromatic carbocycles. The first-order valence-electron chi connectivity index (χ1n) is 9.84. The van der Waals surface area contributed by atoms with Crippen LogP contribution in [-0.4, -0.2) is 65.0 Å². The lowest BCUT2D eigenvalue weighted by Gasteiger charge is -2.26. The molecule has 0 saturated carbocycles. The highest BCUT2D eigenvalue weighted by atomic mass is 32.2. The Hall–Kier alpha value is -1.90. The van der Waals surface area contributed by atoms with Gasteiger partial charge in [0, 0.05) is 32.7 Å². The lowest BCUT2D eigenvalue weighted by Crippen LogP contribution is -2.37. The second-order valence-electron chi connectivity index (χ2n) is 6.83. The van der Waals surface area contributed by atoms with Crippen LogP contribution in [0.15, 0.2) is 34.2 Å². The highest BCUT2D eigenvalue weighted by Gasteiger charge is 2.19. The van der Waals surface area contributed by atoms with Crippen molar-refractivity contribution >= 4 is 28.6 Å². The zero-order valence-corrected chi connectivity index (χ0v) is 17.3. The molecule has 1 atom stereocenters. The molecule has 1 saturated heterocycles. The molecule has 28 heavy (non-hydrogen) atoms. The lowest BCUT2D eigenvalue weighted by molar-refractivity contribution is -0.120. The molecule has 0 spiro atoms. The molecule has 1 amide bonds. The van der Waals surface area contributed by atoms with Crippen molar-refractivity contribution < 1.29 is 9.53 Å². The maximum absolute atomic E-state index is 13.1. The molecular weight excluding hydrogens is 376 g/mol. The number of aromatic nitrogens is 2. The molecule has 2 heterocycles. The van der Waals surface area contributed by atoms with Crippen LogP contribution in [0.25, 0.3) is 10.9 Å². The van der Waals surface area contributed by atoms with E-state index in [4.69, 9.17) is 9.72 Å². The van der Waals surface area contributed by atoms with Gasteiger partial charge in [-0.1, -0.05) is 23.9 Å². The topological polar surface area (TPSA) is 76.5 Å². The Morgan fingerprint density at radius 3 is 2.79 bits per heavy atom. The van der Waals surface area contributed by atoms with E-state index in [2.05, 4.69) is 10.2 Å². The van der Waals surface area contributed by atoms with Gasteiger partial charge in [-0.15, -0.1) is 0 Å². The SMILES string of the molecule is CCNC(=O)[C@H](C)Sc1nc2ccccc2c(=O)n1CCCN1CCOCC1. The van der Waals surface area contributed by atoms with E-state index in [0.717, 1.165) is 39.3 Å². The molecule has 8 heteroatoms. The minimum absolute atomic E-state index is 0.0434. The van der Waals surface area contributed by atoms with Crippen molar-refractivity contribution in [2.24, 2.45) is 0 Å². The third-order valence-electron chi connectivity index (χ3n) is 4.79. The summed E-state index contributed by atoms with van der Waals surface area (Å²) in [6.45, 7) is 9.21. The number of nitrogens with one attached hydrogen (secondary N) is 1. The number of amides is 1. The number of carbonyl (C=O) groups is 1. The van der Waals surface area contributed by atoms with Crippen molar-refractivity contribution in [1.29, 1.82) is 0 Å². The van der Waals surface area contributed by atoms with Gasteiger partial charge in [0.05, 0.1) is 29.4 Å². The summed E-state index contributed by atoms with van der Waals surface area (Å²) in [5.74, 6) is -0.0465. The van der Waals surface area contributed by atoms with Crippen molar-refractivity contribution in [1.82, 2.24) is 19.8 Å². The third-order valence-corrected chi connectivity index (χ3v) is 5.88. The van der Waals surface area contributed by atoms with Crippen LogP contribution in [0, 0.1) is 0 Å². The second kappa shape index (κ2) is 10.0. The van der Waals surface area contributed by atoms with Gasteiger partial charge in [0.15, 0.2) is 5.16 Å². The summed E-state index contributed by atoms with van der Waals surface area (Å²) >= 11 is 1.34. The summed E-state index contributed by atoms with van der Waals surface area (Å²) in [7, 11) is 0. The van der Waals surface area contributed by atoms with Crippen LogP contribution in [0.3, 0.4) is 0 Å². The van der Waals surface area contributed by atoms with Gasteiger partial charge in [-0.05, 0) is 32.4 Å². The van der Waals surface area contributed by atoms with Crippen LogP contribution < -0.4 is 10.9 Å². The number of rotatable bonds is 8. The Morgan fingerprint density at radius 2 is 2.04 bits per heavy atom. The average molecular weight is 405 g/mol. The van der Waals surface area contributed by atoms with Crippen LogP contribution in [-0.2, 0) is 16.1 Å². The van der Waals surface area contributed by atoms with Crippen LogP contribution in [0.1, 0.15) is 20.3 Å². The van der Waals surface area contributed by atoms with Gasteiger partial charge < -0.3 is 10.1 Å². The smallest absolute Gasteiger partial charge is 0.262 e. The predicted molar refractivity (Wildman–Crippen MR) is 112 cm³/mol. The van der Waals surface area contributed by atoms with E-state index in [0.29, 0.717) is 29.1 Å². The molecule has 0 radical (unpaired) electrons. The van der Waals surface area contributed by atoms with E-state index in [1.807, 2.05) is 38.1 Å². The zero-order chi connectivity index (χ0) is 19.9. The molecule has 1 aromatic heterocycles. The van der Waals surface area contributed by atoms with Crippen molar-refractivity contribution in [3.05, 3.63) is 34.6 Å². The molecule has 1 aliphatic rings. The van der Waals surface area contributed by atoms with Crippen LogP contribution in [0.5, 0.6) is 0 Å². The third kappa shape index (κ3) is 5.12. The molecule has 152 valence electrons. The van der Waals surface area contributed by atoms with Gasteiger partial charge in [0.2, 0.25) is 5.91 Å². The first-order chi connectivity index (χ1) is 13.6. The normalized spacial score (nSPS) is 16.2. The summed E-state index contributed by atoms with van der Waals surface area (Å²) in [5, 5.41) is 3.72. The monoisotopic (exact) mass is 404 g/mol. The molecular formula is C20H28N4O3S. The van der Waals surface area contributed by atoms with Crippen LogP contribution >= 0.6 is 11.8 Å². The molecule has 1 N–H and O–H groups in total. The minimum atomic E-state index is -0.321. The van der Waals surface area contributed by atoms with Crippen LogP contribution in [0.2, 0.25) is 0 Å².